The molecule has 3 nitrogen and oxygen atoms in total. The van der Waals surface area contributed by atoms with E-state index in [1.807, 2.05) is 6.92 Å². The molecule has 120 valence electrons. The van der Waals surface area contributed by atoms with Gasteiger partial charge in [0.15, 0.2) is 0 Å². The molecule has 4 heteroatoms. The fourth-order valence-corrected chi connectivity index (χ4v) is 3.81. The van der Waals surface area contributed by atoms with Gasteiger partial charge in [0.2, 0.25) is 0 Å². The molecule has 22 heavy (non-hydrogen) atoms. The van der Waals surface area contributed by atoms with Gasteiger partial charge in [0.05, 0.1) is 18.6 Å². The molecule has 3 atom stereocenters. The van der Waals surface area contributed by atoms with Gasteiger partial charge in [0, 0.05) is 11.5 Å². The van der Waals surface area contributed by atoms with Crippen molar-refractivity contribution in [1.82, 2.24) is 0 Å². The zero-order chi connectivity index (χ0) is 16.5. The highest BCUT2D eigenvalue weighted by Crippen LogP contribution is 2.45. The van der Waals surface area contributed by atoms with E-state index in [0.29, 0.717) is 12.8 Å². The summed E-state index contributed by atoms with van der Waals surface area (Å²) < 4.78 is 4.89. The maximum atomic E-state index is 11.9. The molecular formula is C18H26O3Si. The van der Waals surface area contributed by atoms with Gasteiger partial charge in [0.1, 0.15) is 8.07 Å². The van der Waals surface area contributed by atoms with Crippen LogP contribution in [0.5, 0.6) is 0 Å². The fraction of sp³-hybridized carbons (Fsp3) is 0.611. The molecule has 0 unspecified atom stereocenters. The minimum absolute atomic E-state index is 0.0342. The second-order valence-corrected chi connectivity index (χ2v) is 12.3. The Morgan fingerprint density at radius 1 is 1.45 bits per heavy atom. The quantitative estimate of drug-likeness (QED) is 0.350. The zero-order valence-electron chi connectivity index (χ0n) is 14.2. The van der Waals surface area contributed by atoms with Crippen LogP contribution in [-0.4, -0.2) is 31.9 Å². The van der Waals surface area contributed by atoms with Gasteiger partial charge in [0.25, 0.3) is 0 Å². The molecule has 0 aromatic rings. The average Bonchev–Trinajstić information content (AvgIpc) is 2.42. The van der Waals surface area contributed by atoms with E-state index in [4.69, 9.17) is 4.74 Å². The normalized spacial score (nSPS) is 31.2. The average molecular weight is 318 g/mol. The van der Waals surface area contributed by atoms with Crippen molar-refractivity contribution < 1.29 is 14.6 Å². The number of allylic oxidation sites excluding steroid dienone is 2. The van der Waals surface area contributed by atoms with Crippen molar-refractivity contribution in [1.29, 1.82) is 0 Å². The maximum Gasteiger partial charge on any atom is 0.309 e. The maximum absolute atomic E-state index is 11.9. The van der Waals surface area contributed by atoms with Crippen LogP contribution in [0.25, 0.3) is 0 Å². The van der Waals surface area contributed by atoms with Gasteiger partial charge >= 0.3 is 5.97 Å². The lowest BCUT2D eigenvalue weighted by Crippen LogP contribution is -2.44. The molecule has 2 aliphatic rings. The minimum Gasteiger partial charge on any atom is -0.469 e. The lowest BCUT2D eigenvalue weighted by molar-refractivity contribution is -0.149. The molecule has 0 spiro atoms. The van der Waals surface area contributed by atoms with Gasteiger partial charge in [-0.25, -0.2) is 0 Å². The number of rotatable bonds is 1. The molecule has 0 aromatic heterocycles. The van der Waals surface area contributed by atoms with Crippen LogP contribution in [0, 0.1) is 23.3 Å². The molecular weight excluding hydrogens is 292 g/mol. The van der Waals surface area contributed by atoms with E-state index < -0.39 is 13.7 Å². The highest BCUT2D eigenvalue weighted by molar-refractivity contribution is 6.83. The van der Waals surface area contributed by atoms with Crippen molar-refractivity contribution in [3.63, 3.8) is 0 Å². The van der Waals surface area contributed by atoms with Crippen LogP contribution < -0.4 is 0 Å². The second-order valence-electron chi connectivity index (χ2n) is 7.60. The van der Waals surface area contributed by atoms with Crippen LogP contribution >= 0.6 is 0 Å². The summed E-state index contributed by atoms with van der Waals surface area (Å²) in [5, 5.41) is 10.8. The predicted octanol–water partition coefficient (Wildman–Crippen LogP) is 3.07. The van der Waals surface area contributed by atoms with Crippen LogP contribution in [0.2, 0.25) is 19.6 Å². The summed E-state index contributed by atoms with van der Waals surface area (Å²) in [6.07, 6.45) is 6.05. The molecule has 1 N–H and O–H groups in total. The first-order valence-electron chi connectivity index (χ1n) is 7.86. The fourth-order valence-electron chi connectivity index (χ4n) is 3.28. The molecule has 0 aliphatic heterocycles. The SMILES string of the molecule is COC(=O)[C@H]1CC2=C(C#C[Si](C)(C)C)CC=C[C@@H]2[C@@](C)(O)C1. The van der Waals surface area contributed by atoms with Crippen molar-refractivity contribution in [2.24, 2.45) is 11.8 Å². The highest BCUT2D eigenvalue weighted by Gasteiger charge is 2.44. The topological polar surface area (TPSA) is 46.5 Å². The molecule has 1 saturated carbocycles. The van der Waals surface area contributed by atoms with E-state index in [-0.39, 0.29) is 17.8 Å². The number of carbonyl (C=O) groups is 1. The summed E-state index contributed by atoms with van der Waals surface area (Å²) >= 11 is 0. The number of aliphatic hydroxyl groups is 1. The highest BCUT2D eigenvalue weighted by atomic mass is 28.3. The van der Waals surface area contributed by atoms with Gasteiger partial charge in [-0.05, 0) is 31.8 Å². The molecule has 0 heterocycles. The lowest BCUT2D eigenvalue weighted by Gasteiger charge is -2.42. The van der Waals surface area contributed by atoms with Crippen LogP contribution in [0.4, 0.5) is 0 Å². The third-order valence-corrected chi connectivity index (χ3v) is 5.21. The Morgan fingerprint density at radius 3 is 2.73 bits per heavy atom. The summed E-state index contributed by atoms with van der Waals surface area (Å²) in [5.74, 6) is 2.80. The smallest absolute Gasteiger partial charge is 0.309 e. The first-order valence-corrected chi connectivity index (χ1v) is 11.4. The van der Waals surface area contributed by atoms with E-state index in [2.05, 4.69) is 43.3 Å². The number of ether oxygens (including phenoxy) is 1. The van der Waals surface area contributed by atoms with Crippen LogP contribution in [0.3, 0.4) is 0 Å². The monoisotopic (exact) mass is 318 g/mol. The minimum atomic E-state index is -1.45. The molecule has 2 aliphatic carbocycles. The third kappa shape index (κ3) is 3.71. The number of hydrogen-bond donors (Lipinski definition) is 1. The molecule has 0 amide bonds. The summed E-state index contributed by atoms with van der Waals surface area (Å²) in [5.41, 5.74) is 4.70. The van der Waals surface area contributed by atoms with Crippen molar-refractivity contribution in [3.8, 4) is 11.5 Å². The second kappa shape index (κ2) is 6.06. The van der Waals surface area contributed by atoms with Crippen molar-refractivity contribution >= 4 is 14.0 Å². The Morgan fingerprint density at radius 2 is 2.14 bits per heavy atom. The Labute approximate surface area is 134 Å². The standard InChI is InChI=1S/C18H26O3Si/c1-18(20)12-14(17(19)21-2)11-15-13(7-6-8-16(15)18)9-10-22(3,4)5/h6,8,14,16,20H,7,11-12H2,1-5H3/t14-,16-,18-/m0/s1. The predicted molar refractivity (Wildman–Crippen MR) is 90.8 cm³/mol. The van der Waals surface area contributed by atoms with Crippen LogP contribution in [0.1, 0.15) is 26.2 Å². The van der Waals surface area contributed by atoms with Crippen molar-refractivity contribution in [2.45, 2.75) is 51.4 Å². The molecule has 0 bridgehead atoms. The van der Waals surface area contributed by atoms with E-state index >= 15 is 0 Å². The zero-order valence-corrected chi connectivity index (χ0v) is 15.2. The molecule has 0 saturated heterocycles. The summed E-state index contributed by atoms with van der Waals surface area (Å²) in [4.78, 5) is 11.9. The van der Waals surface area contributed by atoms with E-state index in [0.717, 1.165) is 17.6 Å². The molecule has 2 rings (SSSR count). The van der Waals surface area contributed by atoms with Crippen LogP contribution in [0.15, 0.2) is 23.3 Å². The first kappa shape index (κ1) is 17.0. The number of methoxy groups -OCH3 is 1. The van der Waals surface area contributed by atoms with E-state index in [1.165, 1.54) is 7.11 Å². The van der Waals surface area contributed by atoms with Gasteiger partial charge < -0.3 is 9.84 Å². The number of fused-ring (bicyclic) bond motifs is 1. The van der Waals surface area contributed by atoms with Gasteiger partial charge in [-0.1, -0.05) is 37.7 Å². The van der Waals surface area contributed by atoms with Gasteiger partial charge in [-0.2, -0.15) is 0 Å². The number of hydrogen-bond acceptors (Lipinski definition) is 3. The van der Waals surface area contributed by atoms with E-state index in [9.17, 15) is 9.90 Å². The molecule has 0 aromatic carbocycles. The Bertz CT molecular complexity index is 582. The first-order chi connectivity index (χ1) is 10.1. The van der Waals surface area contributed by atoms with E-state index in [1.54, 1.807) is 0 Å². The Balaban J connectivity index is 2.41. The summed E-state index contributed by atoms with van der Waals surface area (Å²) in [6, 6.07) is 0. The van der Waals surface area contributed by atoms with Crippen molar-refractivity contribution in [2.75, 3.05) is 7.11 Å². The number of esters is 1. The third-order valence-electron chi connectivity index (χ3n) is 4.33. The lowest BCUT2D eigenvalue weighted by atomic mass is 9.66. The van der Waals surface area contributed by atoms with Crippen molar-refractivity contribution in [3.05, 3.63) is 23.3 Å². The van der Waals surface area contributed by atoms with Gasteiger partial charge in [-0.3, -0.25) is 4.79 Å². The summed E-state index contributed by atoms with van der Waals surface area (Å²) in [7, 11) is -0.0457. The molecule has 1 fully saturated rings. The van der Waals surface area contributed by atoms with Crippen LogP contribution in [-0.2, 0) is 9.53 Å². The largest absolute Gasteiger partial charge is 0.469 e. The summed E-state index contributed by atoms with van der Waals surface area (Å²) in [6.45, 7) is 8.47. The Kier molecular flexibility index (Phi) is 4.69. The Hall–Kier alpha value is -1.31. The van der Waals surface area contributed by atoms with Gasteiger partial charge in [-0.15, -0.1) is 5.54 Å². The molecule has 0 radical (unpaired) electrons. The number of carbonyl (C=O) groups excluding carboxylic acids is 1.